The molecule has 2 amide bonds. The molecule has 0 aliphatic carbocycles. The van der Waals surface area contributed by atoms with Gasteiger partial charge < -0.3 is 10.6 Å². The lowest BCUT2D eigenvalue weighted by Crippen LogP contribution is -2.47. The molecule has 0 aromatic heterocycles. The van der Waals surface area contributed by atoms with E-state index in [2.05, 4.69) is 26.6 Å². The number of hydrogen-bond donors (Lipinski definition) is 2. The van der Waals surface area contributed by atoms with E-state index in [1.54, 1.807) is 6.07 Å². The molecule has 2 N–H and O–H groups in total. The Kier molecular flexibility index (Phi) is 6.37. The highest BCUT2D eigenvalue weighted by atomic mass is 79.9. The summed E-state index contributed by atoms with van der Waals surface area (Å²) in [5.74, 6) is -0.498. The summed E-state index contributed by atoms with van der Waals surface area (Å²) >= 11 is 3.44. The van der Waals surface area contributed by atoms with Crippen LogP contribution in [0.4, 0.5) is 5.69 Å². The number of anilines is 1. The van der Waals surface area contributed by atoms with Crippen molar-refractivity contribution >= 4 is 33.4 Å². The van der Waals surface area contributed by atoms with Gasteiger partial charge >= 0.3 is 0 Å². The summed E-state index contributed by atoms with van der Waals surface area (Å²) < 4.78 is 0.985. The second-order valence-corrected chi connectivity index (χ2v) is 7.32. The van der Waals surface area contributed by atoms with E-state index in [1.807, 2.05) is 64.1 Å². The number of amides is 2. The zero-order chi connectivity index (χ0) is 18.6. The summed E-state index contributed by atoms with van der Waals surface area (Å²) in [5.41, 5.74) is 3.20. The van der Waals surface area contributed by atoms with Gasteiger partial charge in [0, 0.05) is 15.7 Å². The van der Waals surface area contributed by atoms with E-state index in [4.69, 9.17) is 0 Å². The van der Waals surface area contributed by atoms with Gasteiger partial charge in [-0.05, 0) is 55.2 Å². The van der Waals surface area contributed by atoms with Crippen molar-refractivity contribution in [3.8, 4) is 0 Å². The molecule has 2 aromatic carbocycles. The Morgan fingerprint density at radius 1 is 1.00 bits per heavy atom. The second kappa shape index (κ2) is 8.30. The van der Waals surface area contributed by atoms with E-state index in [1.165, 1.54) is 0 Å². The summed E-state index contributed by atoms with van der Waals surface area (Å²) in [5, 5.41) is 5.75. The molecule has 0 heterocycles. The van der Waals surface area contributed by atoms with Crippen LogP contribution in [0.1, 0.15) is 35.3 Å². The van der Waals surface area contributed by atoms with Crippen LogP contribution in [0.15, 0.2) is 46.9 Å². The molecular weight excluding hydrogens is 380 g/mol. The van der Waals surface area contributed by atoms with Crippen molar-refractivity contribution in [1.82, 2.24) is 5.32 Å². The summed E-state index contributed by atoms with van der Waals surface area (Å²) in [6, 6.07) is 12.3. The zero-order valence-corrected chi connectivity index (χ0v) is 16.5. The molecule has 0 saturated carbocycles. The minimum Gasteiger partial charge on any atom is -0.340 e. The molecule has 1 atom stereocenters. The minimum atomic E-state index is -0.615. The van der Waals surface area contributed by atoms with Gasteiger partial charge in [-0.3, -0.25) is 9.59 Å². The van der Waals surface area contributed by atoms with Crippen molar-refractivity contribution < 1.29 is 9.59 Å². The SMILES string of the molecule is Cc1cc(NC(=O)[C@@H](NC(=O)c2ccccc2C)C(C)C)ccc1Br. The Hall–Kier alpha value is -2.14. The summed E-state index contributed by atoms with van der Waals surface area (Å²) in [6.45, 7) is 7.66. The first-order valence-electron chi connectivity index (χ1n) is 8.23. The molecule has 0 unspecified atom stereocenters. The van der Waals surface area contributed by atoms with Crippen molar-refractivity contribution in [2.24, 2.45) is 5.92 Å². The highest BCUT2D eigenvalue weighted by molar-refractivity contribution is 9.10. The molecule has 132 valence electrons. The molecule has 2 aromatic rings. The van der Waals surface area contributed by atoms with Gasteiger partial charge in [-0.2, -0.15) is 0 Å². The molecule has 5 heteroatoms. The van der Waals surface area contributed by atoms with Crippen molar-refractivity contribution in [1.29, 1.82) is 0 Å². The average Bonchev–Trinajstić information content (AvgIpc) is 2.55. The molecule has 0 bridgehead atoms. The lowest BCUT2D eigenvalue weighted by Gasteiger charge is -2.22. The second-order valence-electron chi connectivity index (χ2n) is 6.46. The fourth-order valence-corrected chi connectivity index (χ4v) is 2.77. The number of rotatable bonds is 5. The zero-order valence-electron chi connectivity index (χ0n) is 14.9. The lowest BCUT2D eigenvalue weighted by atomic mass is 10.0. The van der Waals surface area contributed by atoms with Gasteiger partial charge in [0.1, 0.15) is 6.04 Å². The first-order valence-corrected chi connectivity index (χ1v) is 9.02. The fraction of sp³-hybridized carbons (Fsp3) is 0.300. The van der Waals surface area contributed by atoms with E-state index in [9.17, 15) is 9.59 Å². The highest BCUT2D eigenvalue weighted by Gasteiger charge is 2.25. The first-order chi connectivity index (χ1) is 11.8. The third kappa shape index (κ3) is 4.92. The fourth-order valence-electron chi connectivity index (χ4n) is 2.52. The van der Waals surface area contributed by atoms with E-state index >= 15 is 0 Å². The van der Waals surface area contributed by atoms with E-state index in [0.29, 0.717) is 11.3 Å². The molecule has 4 nitrogen and oxygen atoms in total. The standard InChI is InChI=1S/C20H23BrN2O2/c1-12(2)18(23-19(24)16-8-6-5-7-13(16)3)20(25)22-15-9-10-17(21)14(4)11-15/h5-12,18H,1-4H3,(H,22,25)(H,23,24)/t18-/m0/s1. The minimum absolute atomic E-state index is 0.0375. The lowest BCUT2D eigenvalue weighted by molar-refractivity contribution is -0.118. The Morgan fingerprint density at radius 3 is 2.28 bits per heavy atom. The normalized spacial score (nSPS) is 11.9. The number of carbonyl (C=O) groups excluding carboxylic acids is 2. The monoisotopic (exact) mass is 402 g/mol. The van der Waals surface area contributed by atoms with Crippen LogP contribution >= 0.6 is 15.9 Å². The van der Waals surface area contributed by atoms with Crippen molar-refractivity contribution in [2.45, 2.75) is 33.7 Å². The number of halogens is 1. The molecule has 0 aliphatic heterocycles. The average molecular weight is 403 g/mol. The third-order valence-electron chi connectivity index (χ3n) is 4.05. The Labute approximate surface area is 157 Å². The first kappa shape index (κ1) is 19.2. The van der Waals surface area contributed by atoms with E-state index < -0.39 is 6.04 Å². The third-order valence-corrected chi connectivity index (χ3v) is 4.94. The van der Waals surface area contributed by atoms with Crippen LogP contribution in [0.5, 0.6) is 0 Å². The molecule has 0 aliphatic rings. The molecule has 25 heavy (non-hydrogen) atoms. The maximum atomic E-state index is 12.7. The van der Waals surface area contributed by atoms with Crippen molar-refractivity contribution in [3.63, 3.8) is 0 Å². The highest BCUT2D eigenvalue weighted by Crippen LogP contribution is 2.20. The maximum absolute atomic E-state index is 12.7. The van der Waals surface area contributed by atoms with Crippen LogP contribution in [0.3, 0.4) is 0 Å². The molecule has 0 fully saturated rings. The predicted octanol–water partition coefficient (Wildman–Crippen LogP) is 4.46. The molecule has 0 radical (unpaired) electrons. The number of carbonyl (C=O) groups is 2. The predicted molar refractivity (Wildman–Crippen MR) is 105 cm³/mol. The maximum Gasteiger partial charge on any atom is 0.252 e. The van der Waals surface area contributed by atoms with Crippen molar-refractivity contribution in [2.75, 3.05) is 5.32 Å². The molecule has 2 rings (SSSR count). The Balaban J connectivity index is 2.14. The Bertz CT molecular complexity index is 787. The van der Waals surface area contributed by atoms with Gasteiger partial charge in [-0.25, -0.2) is 0 Å². The number of aryl methyl sites for hydroxylation is 2. The van der Waals surface area contributed by atoms with Crippen LogP contribution in [-0.2, 0) is 4.79 Å². The largest absolute Gasteiger partial charge is 0.340 e. The van der Waals surface area contributed by atoms with Crippen LogP contribution < -0.4 is 10.6 Å². The number of benzene rings is 2. The van der Waals surface area contributed by atoms with Crippen LogP contribution in [0.2, 0.25) is 0 Å². The smallest absolute Gasteiger partial charge is 0.252 e. The van der Waals surface area contributed by atoms with Gasteiger partial charge in [-0.1, -0.05) is 48.0 Å². The van der Waals surface area contributed by atoms with Gasteiger partial charge in [0.05, 0.1) is 0 Å². The molecular formula is C20H23BrN2O2. The van der Waals surface area contributed by atoms with Crippen molar-refractivity contribution in [3.05, 3.63) is 63.6 Å². The summed E-state index contributed by atoms with van der Waals surface area (Å²) in [7, 11) is 0. The van der Waals surface area contributed by atoms with Gasteiger partial charge in [0.2, 0.25) is 5.91 Å². The molecule has 0 saturated heterocycles. The topological polar surface area (TPSA) is 58.2 Å². The van der Waals surface area contributed by atoms with E-state index in [0.717, 1.165) is 15.6 Å². The van der Waals surface area contributed by atoms with Gasteiger partial charge in [0.25, 0.3) is 5.91 Å². The van der Waals surface area contributed by atoms with Crippen LogP contribution in [-0.4, -0.2) is 17.9 Å². The van der Waals surface area contributed by atoms with Gasteiger partial charge in [0.15, 0.2) is 0 Å². The quantitative estimate of drug-likeness (QED) is 0.775. The van der Waals surface area contributed by atoms with E-state index in [-0.39, 0.29) is 17.7 Å². The summed E-state index contributed by atoms with van der Waals surface area (Å²) in [4.78, 5) is 25.2. The van der Waals surface area contributed by atoms with Crippen LogP contribution in [0.25, 0.3) is 0 Å². The van der Waals surface area contributed by atoms with Crippen LogP contribution in [0, 0.1) is 19.8 Å². The molecule has 0 spiro atoms. The Morgan fingerprint density at radius 2 is 1.68 bits per heavy atom. The number of nitrogens with one attached hydrogen (secondary N) is 2. The number of hydrogen-bond acceptors (Lipinski definition) is 2. The van der Waals surface area contributed by atoms with Gasteiger partial charge in [-0.15, -0.1) is 0 Å². The summed E-state index contributed by atoms with van der Waals surface area (Å²) in [6.07, 6.45) is 0.